The second-order valence-electron chi connectivity index (χ2n) is 4.16. The molecule has 4 heteroatoms. The van der Waals surface area contributed by atoms with Gasteiger partial charge in [0, 0.05) is 12.6 Å². The van der Waals surface area contributed by atoms with Gasteiger partial charge in [-0.2, -0.15) is 0 Å². The molecule has 0 saturated carbocycles. The molecule has 1 unspecified atom stereocenters. The van der Waals surface area contributed by atoms with Crippen molar-refractivity contribution < 1.29 is 9.47 Å². The lowest BCUT2D eigenvalue weighted by molar-refractivity contribution is 0.148. The first-order chi connectivity index (χ1) is 8.83. The van der Waals surface area contributed by atoms with E-state index in [2.05, 4.69) is 11.1 Å². The lowest BCUT2D eigenvalue weighted by Gasteiger charge is -2.12. The van der Waals surface area contributed by atoms with E-state index in [9.17, 15) is 0 Å². The van der Waals surface area contributed by atoms with Crippen molar-refractivity contribution in [1.29, 1.82) is 0 Å². The van der Waals surface area contributed by atoms with Crippen LogP contribution in [0, 0.1) is 0 Å². The highest BCUT2D eigenvalue weighted by molar-refractivity contribution is 6.30. The van der Waals surface area contributed by atoms with Crippen LogP contribution in [0.15, 0.2) is 42.6 Å². The highest BCUT2D eigenvalue weighted by Crippen LogP contribution is 2.29. The van der Waals surface area contributed by atoms with Crippen LogP contribution in [0.3, 0.4) is 0 Å². The number of benzene rings is 1. The van der Waals surface area contributed by atoms with Gasteiger partial charge in [0.15, 0.2) is 10.9 Å². The largest absolute Gasteiger partial charge is 0.486 e. The van der Waals surface area contributed by atoms with Gasteiger partial charge in [0.1, 0.15) is 18.5 Å². The Morgan fingerprint density at radius 2 is 2.17 bits per heavy atom. The highest BCUT2D eigenvalue weighted by atomic mass is 35.5. The van der Waals surface area contributed by atoms with E-state index in [0.29, 0.717) is 17.5 Å². The van der Waals surface area contributed by atoms with E-state index in [1.807, 2.05) is 18.2 Å². The van der Waals surface area contributed by atoms with Crippen molar-refractivity contribution in [2.45, 2.75) is 12.5 Å². The molecule has 18 heavy (non-hydrogen) atoms. The van der Waals surface area contributed by atoms with Gasteiger partial charge in [0.2, 0.25) is 0 Å². The summed E-state index contributed by atoms with van der Waals surface area (Å²) in [6.45, 7) is 0.472. The average Bonchev–Trinajstić information content (AvgIpc) is 2.80. The highest BCUT2D eigenvalue weighted by Gasteiger charge is 2.23. The topological polar surface area (TPSA) is 31.4 Å². The molecule has 0 bridgehead atoms. The van der Waals surface area contributed by atoms with Crippen LogP contribution in [0.4, 0.5) is 0 Å². The zero-order chi connectivity index (χ0) is 12.4. The number of nitrogens with zero attached hydrogens (tertiary/aromatic N) is 1. The van der Waals surface area contributed by atoms with Gasteiger partial charge in [-0.1, -0.05) is 29.8 Å². The standard InChI is InChI=1S/C14H12ClNO2/c15-14-13(6-3-7-16-14)17-9-11-8-10-4-1-2-5-12(10)18-11/h1-7,11H,8-9H2. The van der Waals surface area contributed by atoms with E-state index in [1.165, 1.54) is 5.56 Å². The Hall–Kier alpha value is -1.74. The third kappa shape index (κ3) is 2.27. The lowest BCUT2D eigenvalue weighted by Crippen LogP contribution is -2.22. The molecule has 1 aliphatic heterocycles. The maximum Gasteiger partial charge on any atom is 0.171 e. The van der Waals surface area contributed by atoms with Crippen molar-refractivity contribution in [1.82, 2.24) is 4.98 Å². The summed E-state index contributed by atoms with van der Waals surface area (Å²) in [5.74, 6) is 1.54. The molecule has 92 valence electrons. The Kier molecular flexibility index (Phi) is 3.07. The van der Waals surface area contributed by atoms with E-state index in [4.69, 9.17) is 21.1 Å². The Balaban J connectivity index is 1.62. The van der Waals surface area contributed by atoms with Crippen molar-refractivity contribution in [3.05, 3.63) is 53.3 Å². The van der Waals surface area contributed by atoms with Crippen molar-refractivity contribution >= 4 is 11.6 Å². The Morgan fingerprint density at radius 1 is 1.28 bits per heavy atom. The van der Waals surface area contributed by atoms with Crippen molar-refractivity contribution in [3.63, 3.8) is 0 Å². The second kappa shape index (κ2) is 4.86. The number of hydrogen-bond donors (Lipinski definition) is 0. The van der Waals surface area contributed by atoms with Crippen LogP contribution in [0.2, 0.25) is 5.15 Å². The fraction of sp³-hybridized carbons (Fsp3) is 0.214. The zero-order valence-electron chi connectivity index (χ0n) is 9.67. The first-order valence-electron chi connectivity index (χ1n) is 5.81. The minimum Gasteiger partial charge on any atom is -0.486 e. The summed E-state index contributed by atoms with van der Waals surface area (Å²) in [5, 5.41) is 0.382. The summed E-state index contributed by atoms with van der Waals surface area (Å²) in [6, 6.07) is 11.6. The van der Waals surface area contributed by atoms with Gasteiger partial charge >= 0.3 is 0 Å². The summed E-state index contributed by atoms with van der Waals surface area (Å²) >= 11 is 5.92. The molecule has 2 aromatic rings. The summed E-state index contributed by atoms with van der Waals surface area (Å²) in [7, 11) is 0. The van der Waals surface area contributed by atoms with Crippen molar-refractivity contribution in [2.75, 3.05) is 6.61 Å². The minimum atomic E-state index is 0.0404. The summed E-state index contributed by atoms with van der Waals surface area (Å²) in [6.07, 6.45) is 2.55. The van der Waals surface area contributed by atoms with Gasteiger partial charge in [0.05, 0.1) is 0 Å². The van der Waals surface area contributed by atoms with E-state index in [-0.39, 0.29) is 6.10 Å². The second-order valence-corrected chi connectivity index (χ2v) is 4.51. The Morgan fingerprint density at radius 3 is 3.00 bits per heavy atom. The van der Waals surface area contributed by atoms with E-state index >= 15 is 0 Å². The monoisotopic (exact) mass is 261 g/mol. The Bertz CT molecular complexity index is 534. The molecule has 0 N–H and O–H groups in total. The summed E-state index contributed by atoms with van der Waals surface area (Å²) in [5.41, 5.74) is 1.23. The number of hydrogen-bond acceptors (Lipinski definition) is 3. The fourth-order valence-electron chi connectivity index (χ4n) is 2.01. The van der Waals surface area contributed by atoms with Gasteiger partial charge < -0.3 is 9.47 Å². The van der Waals surface area contributed by atoms with Gasteiger partial charge in [-0.15, -0.1) is 0 Å². The summed E-state index contributed by atoms with van der Waals surface area (Å²) in [4.78, 5) is 3.96. The van der Waals surface area contributed by atoms with Crippen LogP contribution in [-0.2, 0) is 6.42 Å². The smallest absolute Gasteiger partial charge is 0.171 e. The zero-order valence-corrected chi connectivity index (χ0v) is 10.4. The molecule has 1 atom stereocenters. The molecule has 0 spiro atoms. The molecule has 2 heterocycles. The molecule has 1 aliphatic rings. The fourth-order valence-corrected chi connectivity index (χ4v) is 2.18. The molecule has 0 amide bonds. The summed E-state index contributed by atoms with van der Waals surface area (Å²) < 4.78 is 11.4. The molecule has 0 aliphatic carbocycles. The van der Waals surface area contributed by atoms with E-state index in [1.54, 1.807) is 18.3 Å². The van der Waals surface area contributed by atoms with Gasteiger partial charge in [-0.3, -0.25) is 0 Å². The van der Waals surface area contributed by atoms with Crippen molar-refractivity contribution in [2.24, 2.45) is 0 Å². The third-order valence-electron chi connectivity index (χ3n) is 2.86. The van der Waals surface area contributed by atoms with Crippen LogP contribution in [0.5, 0.6) is 11.5 Å². The Labute approximate surface area is 110 Å². The predicted octanol–water partition coefficient (Wildman–Crippen LogP) is 3.12. The number of para-hydroxylation sites is 1. The molecule has 1 aromatic carbocycles. The number of fused-ring (bicyclic) bond motifs is 1. The molecule has 0 saturated heterocycles. The molecule has 1 aromatic heterocycles. The number of aromatic nitrogens is 1. The molecule has 0 radical (unpaired) electrons. The number of halogens is 1. The first kappa shape index (κ1) is 11.4. The van der Waals surface area contributed by atoms with Crippen LogP contribution < -0.4 is 9.47 Å². The van der Waals surface area contributed by atoms with Crippen molar-refractivity contribution in [3.8, 4) is 11.5 Å². The van der Waals surface area contributed by atoms with Crippen LogP contribution in [-0.4, -0.2) is 17.7 Å². The number of rotatable bonds is 3. The van der Waals surface area contributed by atoms with Crippen LogP contribution >= 0.6 is 11.6 Å². The van der Waals surface area contributed by atoms with E-state index in [0.717, 1.165) is 12.2 Å². The first-order valence-corrected chi connectivity index (χ1v) is 6.18. The maximum atomic E-state index is 5.92. The molecular weight excluding hydrogens is 250 g/mol. The maximum absolute atomic E-state index is 5.92. The normalized spacial score (nSPS) is 17.1. The number of ether oxygens (including phenoxy) is 2. The quantitative estimate of drug-likeness (QED) is 0.796. The minimum absolute atomic E-state index is 0.0404. The third-order valence-corrected chi connectivity index (χ3v) is 3.15. The number of pyridine rings is 1. The molecule has 3 rings (SSSR count). The average molecular weight is 262 g/mol. The van der Waals surface area contributed by atoms with Gasteiger partial charge in [-0.05, 0) is 23.8 Å². The van der Waals surface area contributed by atoms with Gasteiger partial charge in [0.25, 0.3) is 0 Å². The van der Waals surface area contributed by atoms with E-state index < -0.39 is 0 Å². The molecule has 0 fully saturated rings. The predicted molar refractivity (Wildman–Crippen MR) is 69.3 cm³/mol. The molecule has 3 nitrogen and oxygen atoms in total. The SMILES string of the molecule is Clc1ncccc1OCC1Cc2ccccc2O1. The molecular formula is C14H12ClNO2. The van der Waals surface area contributed by atoms with Gasteiger partial charge in [-0.25, -0.2) is 4.98 Å². The van der Waals surface area contributed by atoms with Crippen LogP contribution in [0.25, 0.3) is 0 Å². The van der Waals surface area contributed by atoms with Crippen LogP contribution in [0.1, 0.15) is 5.56 Å². The lowest BCUT2D eigenvalue weighted by atomic mass is 10.1.